The molecule has 0 saturated carbocycles. The number of unbranched alkanes of at least 4 members (excludes halogenated alkanes) is 12. The van der Waals surface area contributed by atoms with E-state index in [9.17, 15) is 14.7 Å². The number of Topliss-reactive ketones (excluding diaryl/α,β-unsaturated/α-hetero) is 1. The first kappa shape index (κ1) is 24.1. The van der Waals surface area contributed by atoms with E-state index in [4.69, 9.17) is 14.6 Å². The zero-order chi connectivity index (χ0) is 19.9. The van der Waals surface area contributed by atoms with Crippen molar-refractivity contribution < 1.29 is 29.3 Å². The summed E-state index contributed by atoms with van der Waals surface area (Å²) < 4.78 is 10.2. The second-order valence-electron chi connectivity index (χ2n) is 7.52. The molecule has 1 aliphatic rings. The molecule has 1 rings (SSSR count). The first-order valence-electron chi connectivity index (χ1n) is 10.8. The van der Waals surface area contributed by atoms with Crippen LogP contribution in [0.1, 0.15) is 90.4 Å². The normalized spacial score (nSPS) is 20.9. The Bertz CT molecular complexity index is 411. The second-order valence-corrected chi connectivity index (χ2v) is 7.52. The fraction of sp³-hybridized carbons (Fsp3) is 0.905. The first-order chi connectivity index (χ1) is 13.1. The van der Waals surface area contributed by atoms with Crippen LogP contribution in [0.5, 0.6) is 0 Å². The van der Waals surface area contributed by atoms with Gasteiger partial charge >= 0.3 is 5.97 Å². The minimum Gasteiger partial charge on any atom is -0.450 e. The number of aliphatic hydroxyl groups is 2. The quantitative estimate of drug-likeness (QED) is 0.226. The Morgan fingerprint density at radius 1 is 0.889 bits per heavy atom. The molecule has 1 unspecified atom stereocenters. The highest BCUT2D eigenvalue weighted by atomic mass is 16.6. The smallest absolute Gasteiger partial charge is 0.378 e. The molecule has 0 amide bonds. The van der Waals surface area contributed by atoms with Gasteiger partial charge in [-0.15, -0.1) is 0 Å². The summed E-state index contributed by atoms with van der Waals surface area (Å²) in [6.07, 6.45) is 12.7. The Kier molecular flexibility index (Phi) is 13.4. The number of hydrogen-bond acceptors (Lipinski definition) is 6. The molecule has 6 heteroatoms. The summed E-state index contributed by atoms with van der Waals surface area (Å²) in [4.78, 5) is 23.0. The summed E-state index contributed by atoms with van der Waals surface area (Å²) in [6, 6.07) is 0. The van der Waals surface area contributed by atoms with E-state index < -0.39 is 36.7 Å². The second kappa shape index (κ2) is 15.0. The van der Waals surface area contributed by atoms with Gasteiger partial charge in [0.25, 0.3) is 5.78 Å². The summed E-state index contributed by atoms with van der Waals surface area (Å²) >= 11 is 0. The maximum absolute atomic E-state index is 11.7. The number of cyclic esters (lactones) is 1. The summed E-state index contributed by atoms with van der Waals surface area (Å²) in [5, 5.41) is 18.6. The maximum atomic E-state index is 11.7. The third kappa shape index (κ3) is 9.67. The van der Waals surface area contributed by atoms with Crippen LogP contribution in [-0.2, 0) is 19.1 Å². The molecule has 1 saturated heterocycles. The minimum absolute atomic E-state index is 0.347. The topological polar surface area (TPSA) is 93.1 Å². The molecule has 0 aliphatic carbocycles. The Balaban J connectivity index is 1.96. The number of carbonyl (C=O) groups excluding carboxylic acids is 2. The summed E-state index contributed by atoms with van der Waals surface area (Å²) in [5.41, 5.74) is 0. The van der Waals surface area contributed by atoms with Crippen molar-refractivity contribution in [3.8, 4) is 0 Å². The highest BCUT2D eigenvalue weighted by Crippen LogP contribution is 2.19. The number of rotatable bonds is 17. The lowest BCUT2D eigenvalue weighted by Crippen LogP contribution is -2.41. The third-order valence-electron chi connectivity index (χ3n) is 5.11. The molecule has 1 fully saturated rings. The van der Waals surface area contributed by atoms with Crippen LogP contribution in [0.15, 0.2) is 0 Å². The van der Waals surface area contributed by atoms with E-state index in [1.165, 1.54) is 64.2 Å². The van der Waals surface area contributed by atoms with Gasteiger partial charge in [0.2, 0.25) is 0 Å². The Morgan fingerprint density at radius 3 is 1.85 bits per heavy atom. The van der Waals surface area contributed by atoms with Gasteiger partial charge in [0.05, 0.1) is 6.61 Å². The van der Waals surface area contributed by atoms with Gasteiger partial charge in [-0.25, -0.2) is 4.79 Å². The van der Waals surface area contributed by atoms with Gasteiger partial charge in [0.15, 0.2) is 12.2 Å². The van der Waals surface area contributed by atoms with Crippen LogP contribution in [0.2, 0.25) is 0 Å². The third-order valence-corrected chi connectivity index (χ3v) is 5.11. The van der Waals surface area contributed by atoms with Gasteiger partial charge in [-0.3, -0.25) is 4.79 Å². The molecule has 0 aromatic rings. The van der Waals surface area contributed by atoms with Crippen molar-refractivity contribution in [3.63, 3.8) is 0 Å². The molecule has 1 heterocycles. The van der Waals surface area contributed by atoms with Gasteiger partial charge < -0.3 is 19.7 Å². The predicted molar refractivity (Wildman–Crippen MR) is 103 cm³/mol. The summed E-state index contributed by atoms with van der Waals surface area (Å²) in [6.45, 7) is 2.01. The van der Waals surface area contributed by atoms with Crippen LogP contribution in [0.3, 0.4) is 0 Å². The SMILES string of the molecule is CCCCCCCCCCCCCCCOC1C(=O)C(=O)O[C@@H]1[C@@H](O)CO. The van der Waals surface area contributed by atoms with Crippen LogP contribution in [0.4, 0.5) is 0 Å². The van der Waals surface area contributed by atoms with E-state index in [-0.39, 0.29) is 0 Å². The van der Waals surface area contributed by atoms with Crippen LogP contribution < -0.4 is 0 Å². The lowest BCUT2D eigenvalue weighted by Gasteiger charge is -2.20. The molecule has 0 aromatic heterocycles. The number of esters is 1. The van der Waals surface area contributed by atoms with Gasteiger partial charge in [-0.05, 0) is 6.42 Å². The standard InChI is InChI=1S/C21H38O6/c1-2-3-4-5-6-7-8-9-10-11-12-13-14-15-26-20-18(24)21(25)27-19(20)17(23)16-22/h17,19-20,22-23H,2-16H2,1H3/t17-,19+,20?/m0/s1. The molecule has 0 aromatic carbocycles. The summed E-state index contributed by atoms with van der Waals surface area (Å²) in [7, 11) is 0. The maximum Gasteiger partial charge on any atom is 0.378 e. The van der Waals surface area contributed by atoms with Crippen LogP contribution in [-0.4, -0.2) is 53.5 Å². The average Bonchev–Trinajstić information content (AvgIpc) is 2.96. The molecule has 0 spiro atoms. The largest absolute Gasteiger partial charge is 0.450 e. The number of carbonyl (C=O) groups is 2. The molecular formula is C21H38O6. The average molecular weight is 387 g/mol. The predicted octanol–water partition coefficient (Wildman–Crippen LogP) is 3.31. The Labute approximate surface area is 163 Å². The molecule has 158 valence electrons. The highest BCUT2D eigenvalue weighted by molar-refractivity contribution is 6.37. The van der Waals surface area contributed by atoms with Crippen molar-refractivity contribution >= 4 is 11.8 Å². The number of ketones is 1. The van der Waals surface area contributed by atoms with E-state index in [2.05, 4.69) is 6.92 Å². The van der Waals surface area contributed by atoms with Crippen molar-refractivity contribution in [2.45, 2.75) is 109 Å². The highest BCUT2D eigenvalue weighted by Gasteiger charge is 2.47. The minimum atomic E-state index is -1.29. The molecule has 1 aliphatic heterocycles. The van der Waals surface area contributed by atoms with Crippen LogP contribution >= 0.6 is 0 Å². The van der Waals surface area contributed by atoms with Crippen molar-refractivity contribution in [1.29, 1.82) is 0 Å². The zero-order valence-corrected chi connectivity index (χ0v) is 16.9. The molecular weight excluding hydrogens is 348 g/mol. The van der Waals surface area contributed by atoms with Gasteiger partial charge in [-0.1, -0.05) is 84.0 Å². The summed E-state index contributed by atoms with van der Waals surface area (Å²) in [5.74, 6) is -1.77. The van der Waals surface area contributed by atoms with E-state index in [0.717, 1.165) is 19.3 Å². The van der Waals surface area contributed by atoms with E-state index >= 15 is 0 Å². The van der Waals surface area contributed by atoms with Crippen molar-refractivity contribution in [2.75, 3.05) is 13.2 Å². The Hall–Kier alpha value is -0.980. The van der Waals surface area contributed by atoms with Crippen molar-refractivity contribution in [3.05, 3.63) is 0 Å². The number of aliphatic hydroxyl groups excluding tert-OH is 2. The lowest BCUT2D eigenvalue weighted by atomic mass is 10.0. The van der Waals surface area contributed by atoms with Crippen LogP contribution in [0.25, 0.3) is 0 Å². The molecule has 2 N–H and O–H groups in total. The van der Waals surface area contributed by atoms with Crippen LogP contribution in [0, 0.1) is 0 Å². The molecule has 27 heavy (non-hydrogen) atoms. The fourth-order valence-corrected chi connectivity index (χ4v) is 3.39. The van der Waals surface area contributed by atoms with Crippen molar-refractivity contribution in [1.82, 2.24) is 0 Å². The van der Waals surface area contributed by atoms with Gasteiger partial charge in [-0.2, -0.15) is 0 Å². The fourth-order valence-electron chi connectivity index (χ4n) is 3.39. The molecule has 3 atom stereocenters. The van der Waals surface area contributed by atoms with Gasteiger partial charge in [0.1, 0.15) is 6.10 Å². The van der Waals surface area contributed by atoms with Gasteiger partial charge in [0, 0.05) is 6.61 Å². The molecule has 6 nitrogen and oxygen atoms in total. The Morgan fingerprint density at radius 2 is 1.37 bits per heavy atom. The number of ether oxygens (including phenoxy) is 2. The first-order valence-corrected chi connectivity index (χ1v) is 10.8. The van der Waals surface area contributed by atoms with E-state index in [1.807, 2.05) is 0 Å². The van der Waals surface area contributed by atoms with E-state index in [0.29, 0.717) is 6.61 Å². The number of hydrogen-bond donors (Lipinski definition) is 2. The monoisotopic (exact) mass is 386 g/mol. The molecule has 0 bridgehead atoms. The lowest BCUT2D eigenvalue weighted by molar-refractivity contribution is -0.152. The van der Waals surface area contributed by atoms with E-state index in [1.54, 1.807) is 0 Å². The molecule has 0 radical (unpaired) electrons. The zero-order valence-electron chi connectivity index (χ0n) is 16.9. The van der Waals surface area contributed by atoms with Crippen molar-refractivity contribution in [2.24, 2.45) is 0 Å².